The van der Waals surface area contributed by atoms with Crippen LogP contribution in [0.3, 0.4) is 0 Å². The second kappa shape index (κ2) is 11.1. The first-order chi connectivity index (χ1) is 18.7. The van der Waals surface area contributed by atoms with E-state index >= 15 is 0 Å². The van der Waals surface area contributed by atoms with Crippen molar-refractivity contribution in [3.05, 3.63) is 90.1 Å². The Morgan fingerprint density at radius 2 is 1.60 bits per heavy atom. The lowest BCUT2D eigenvalue weighted by Crippen LogP contribution is -2.36. The second-order valence-corrected chi connectivity index (χ2v) is 12.4. The molecule has 0 aliphatic carbocycles. The fraction of sp³-hybridized carbons (Fsp3) is 0.222. The highest BCUT2D eigenvalue weighted by Gasteiger charge is 2.33. The van der Waals surface area contributed by atoms with E-state index in [2.05, 4.69) is 4.98 Å². The van der Waals surface area contributed by atoms with E-state index in [1.54, 1.807) is 38.1 Å². The number of ether oxygens (including phenoxy) is 1. The van der Waals surface area contributed by atoms with Crippen LogP contribution in [0.25, 0.3) is 10.9 Å². The molecule has 4 aromatic rings. The number of hydrogen-bond acceptors (Lipinski definition) is 7. The van der Waals surface area contributed by atoms with Crippen molar-refractivity contribution < 1.29 is 38.9 Å². The molecule has 0 spiro atoms. The van der Waals surface area contributed by atoms with Crippen LogP contribution in [-0.2, 0) is 32.9 Å². The Hall–Kier alpha value is -3.68. The molecule has 0 saturated heterocycles. The van der Waals surface area contributed by atoms with Gasteiger partial charge in [0.2, 0.25) is 10.0 Å². The van der Waals surface area contributed by atoms with Gasteiger partial charge in [-0.3, -0.25) is 4.98 Å². The van der Waals surface area contributed by atoms with Gasteiger partial charge < -0.3 is 8.92 Å². The van der Waals surface area contributed by atoms with Gasteiger partial charge in [0.1, 0.15) is 9.79 Å². The Kier molecular flexibility index (Phi) is 8.11. The molecular weight excluding hydrogens is 569 g/mol. The Morgan fingerprint density at radius 1 is 0.900 bits per heavy atom. The maximum Gasteiger partial charge on any atom is 0.416 e. The van der Waals surface area contributed by atoms with Gasteiger partial charge in [-0.05, 0) is 61.9 Å². The minimum Gasteiger partial charge on any atom is -0.493 e. The highest BCUT2D eigenvalue weighted by atomic mass is 32.2. The molecular formula is C27H25F3N2O6S2. The number of sulfonamides is 1. The summed E-state index contributed by atoms with van der Waals surface area (Å²) in [5.74, 6) is -0.332. The van der Waals surface area contributed by atoms with Crippen LogP contribution in [0.4, 0.5) is 13.2 Å². The number of aromatic nitrogens is 1. The number of halogens is 3. The first kappa shape index (κ1) is 29.3. The van der Waals surface area contributed by atoms with Crippen molar-refractivity contribution in [1.29, 1.82) is 0 Å². The van der Waals surface area contributed by atoms with Crippen LogP contribution in [-0.4, -0.2) is 39.3 Å². The quantitative estimate of drug-likeness (QED) is 0.232. The van der Waals surface area contributed by atoms with Gasteiger partial charge in [-0.25, -0.2) is 8.42 Å². The highest BCUT2D eigenvalue weighted by molar-refractivity contribution is 7.89. The predicted molar refractivity (Wildman–Crippen MR) is 142 cm³/mol. The molecule has 0 aliphatic heterocycles. The van der Waals surface area contributed by atoms with Crippen molar-refractivity contribution in [1.82, 2.24) is 9.29 Å². The molecule has 0 bridgehead atoms. The number of hydrogen-bond donors (Lipinski definition) is 0. The van der Waals surface area contributed by atoms with Gasteiger partial charge in [0.25, 0.3) is 0 Å². The molecule has 40 heavy (non-hydrogen) atoms. The summed E-state index contributed by atoms with van der Waals surface area (Å²) in [6, 6.07) is 15.1. The summed E-state index contributed by atoms with van der Waals surface area (Å²) >= 11 is 0. The zero-order valence-electron chi connectivity index (χ0n) is 21.6. The van der Waals surface area contributed by atoms with Crippen LogP contribution < -0.4 is 8.92 Å². The zero-order chi connectivity index (χ0) is 29.3. The Bertz CT molecular complexity index is 1750. The molecule has 0 atom stereocenters. The normalized spacial score (nSPS) is 12.7. The minimum absolute atomic E-state index is 0.0106. The summed E-state index contributed by atoms with van der Waals surface area (Å²) in [7, 11) is -7.52. The molecule has 0 radical (unpaired) electrons. The van der Waals surface area contributed by atoms with Gasteiger partial charge in [-0.1, -0.05) is 30.3 Å². The second-order valence-electron chi connectivity index (χ2n) is 9.02. The minimum atomic E-state index is -4.76. The molecule has 0 N–H and O–H groups in total. The maximum absolute atomic E-state index is 13.8. The lowest BCUT2D eigenvalue weighted by molar-refractivity contribution is -0.137. The third-order valence-corrected chi connectivity index (χ3v) is 9.26. The molecule has 8 nitrogen and oxygen atoms in total. The SMILES string of the molecule is COc1ccc(CN(C(C)C)S(=O)(=O)c2cccc3cccnc23)cc1OS(=O)(=O)c1cccc(C(F)(F)F)c1. The van der Waals surface area contributed by atoms with Crippen molar-refractivity contribution in [3.8, 4) is 11.5 Å². The monoisotopic (exact) mass is 594 g/mol. The van der Waals surface area contributed by atoms with Crippen LogP contribution >= 0.6 is 0 Å². The summed E-state index contributed by atoms with van der Waals surface area (Å²) in [5.41, 5.74) is -0.499. The van der Waals surface area contributed by atoms with Crippen LogP contribution in [0, 0.1) is 0 Å². The largest absolute Gasteiger partial charge is 0.493 e. The number of fused-ring (bicyclic) bond motifs is 1. The molecule has 212 valence electrons. The maximum atomic E-state index is 13.8. The molecule has 0 unspecified atom stereocenters. The molecule has 0 saturated carbocycles. The van der Waals surface area contributed by atoms with Gasteiger partial charge in [0, 0.05) is 24.2 Å². The predicted octanol–water partition coefficient (Wildman–Crippen LogP) is 5.63. The molecule has 0 amide bonds. The molecule has 1 heterocycles. The van der Waals surface area contributed by atoms with Crippen molar-refractivity contribution in [2.75, 3.05) is 7.11 Å². The summed E-state index contributed by atoms with van der Waals surface area (Å²) in [6.45, 7) is 3.21. The Morgan fingerprint density at radius 3 is 2.27 bits per heavy atom. The van der Waals surface area contributed by atoms with E-state index in [-0.39, 0.29) is 22.9 Å². The lowest BCUT2D eigenvalue weighted by Gasteiger charge is -2.26. The highest BCUT2D eigenvalue weighted by Crippen LogP contribution is 2.35. The van der Waals surface area contributed by atoms with E-state index < -0.39 is 42.8 Å². The molecule has 1 aromatic heterocycles. The molecule has 0 fully saturated rings. The fourth-order valence-electron chi connectivity index (χ4n) is 4.01. The standard InChI is InChI=1S/C27H25F3N2O6S2/c1-18(2)32(39(33,34)25-11-4-7-20-8-6-14-31-26(20)25)17-19-12-13-23(37-3)24(15-19)38-40(35,36)22-10-5-9-21(16-22)27(28,29)30/h4-16,18H,17H2,1-3H3. The van der Waals surface area contributed by atoms with Gasteiger partial charge >= 0.3 is 16.3 Å². The van der Waals surface area contributed by atoms with Gasteiger partial charge in [-0.15, -0.1) is 0 Å². The van der Waals surface area contributed by atoms with Crippen molar-refractivity contribution in [2.45, 2.75) is 42.4 Å². The average Bonchev–Trinajstić information content (AvgIpc) is 2.90. The van der Waals surface area contributed by atoms with E-state index in [0.29, 0.717) is 22.5 Å². The number of benzene rings is 3. The van der Waals surface area contributed by atoms with Crippen molar-refractivity contribution >= 4 is 31.0 Å². The van der Waals surface area contributed by atoms with E-state index in [9.17, 15) is 30.0 Å². The van der Waals surface area contributed by atoms with Crippen LogP contribution in [0.1, 0.15) is 25.0 Å². The summed E-state index contributed by atoms with van der Waals surface area (Å²) in [5, 5.41) is 0.646. The number of alkyl halides is 3. The zero-order valence-corrected chi connectivity index (χ0v) is 23.2. The summed E-state index contributed by atoms with van der Waals surface area (Å²) in [4.78, 5) is 3.55. The fourth-order valence-corrected chi connectivity index (χ4v) is 6.79. The van der Waals surface area contributed by atoms with E-state index in [4.69, 9.17) is 8.92 Å². The number of nitrogens with zero attached hydrogens (tertiary/aromatic N) is 2. The number of rotatable bonds is 9. The molecule has 0 aliphatic rings. The number of para-hydroxylation sites is 1. The third-order valence-electron chi connectivity index (χ3n) is 5.97. The van der Waals surface area contributed by atoms with Crippen LogP contribution in [0.15, 0.2) is 88.8 Å². The van der Waals surface area contributed by atoms with Gasteiger partial charge in [0.15, 0.2) is 11.5 Å². The van der Waals surface area contributed by atoms with E-state index in [1.807, 2.05) is 0 Å². The smallest absolute Gasteiger partial charge is 0.416 e. The number of pyridine rings is 1. The number of methoxy groups -OCH3 is 1. The molecule has 4 rings (SSSR count). The topological polar surface area (TPSA) is 103 Å². The Balaban J connectivity index is 1.70. The van der Waals surface area contributed by atoms with Crippen molar-refractivity contribution in [3.63, 3.8) is 0 Å². The van der Waals surface area contributed by atoms with Crippen LogP contribution in [0.2, 0.25) is 0 Å². The molecule has 3 aromatic carbocycles. The van der Waals surface area contributed by atoms with E-state index in [0.717, 1.165) is 18.2 Å². The summed E-state index contributed by atoms with van der Waals surface area (Å²) in [6.07, 6.45) is -3.26. The summed E-state index contributed by atoms with van der Waals surface area (Å²) < 4.78 is 104. The third kappa shape index (κ3) is 6.06. The first-order valence-electron chi connectivity index (χ1n) is 11.9. The van der Waals surface area contributed by atoms with Gasteiger partial charge in [-0.2, -0.15) is 25.9 Å². The molecule has 13 heteroatoms. The lowest BCUT2D eigenvalue weighted by atomic mass is 10.2. The Labute approximate surface area is 230 Å². The van der Waals surface area contributed by atoms with Crippen LogP contribution in [0.5, 0.6) is 11.5 Å². The average molecular weight is 595 g/mol. The first-order valence-corrected chi connectivity index (χ1v) is 14.7. The van der Waals surface area contributed by atoms with Crippen molar-refractivity contribution in [2.24, 2.45) is 0 Å². The van der Waals surface area contributed by atoms with Gasteiger partial charge in [0.05, 0.1) is 18.2 Å². The van der Waals surface area contributed by atoms with E-state index in [1.165, 1.54) is 41.9 Å².